The molecule has 6 rings (SSSR count). The number of H-pyrrole nitrogens is 2. The topological polar surface area (TPSA) is 95.2 Å². The van der Waals surface area contributed by atoms with Crippen molar-refractivity contribution in [2.24, 2.45) is 0 Å². The van der Waals surface area contributed by atoms with E-state index in [2.05, 4.69) is 85.7 Å². The summed E-state index contributed by atoms with van der Waals surface area (Å²) in [4.78, 5) is 19.6. The van der Waals surface area contributed by atoms with E-state index in [1.807, 2.05) is 24.8 Å². The molecule has 0 fully saturated rings. The number of nitrogens with zero attached hydrogens (tertiary/aromatic N) is 4. The zero-order valence-corrected chi connectivity index (χ0v) is 19.7. The Labute approximate surface area is 200 Å². The Bertz CT molecular complexity index is 1630. The van der Waals surface area contributed by atoms with Crippen molar-refractivity contribution >= 4 is 33.3 Å². The van der Waals surface area contributed by atoms with E-state index in [0.717, 1.165) is 63.2 Å². The third-order valence-electron chi connectivity index (χ3n) is 5.91. The van der Waals surface area contributed by atoms with Gasteiger partial charge in [-0.1, -0.05) is 6.92 Å². The first-order valence-electron chi connectivity index (χ1n) is 11.2. The molecule has 168 valence electrons. The average molecular weight is 466 g/mol. The first kappa shape index (κ1) is 20.7. The Kier molecular flexibility index (Phi) is 5.16. The summed E-state index contributed by atoms with van der Waals surface area (Å²) in [7, 11) is 0. The van der Waals surface area contributed by atoms with Gasteiger partial charge in [-0.15, -0.1) is 11.3 Å². The van der Waals surface area contributed by atoms with E-state index in [-0.39, 0.29) is 0 Å². The third-order valence-corrected chi connectivity index (χ3v) is 6.94. The number of thiophene rings is 1. The lowest BCUT2D eigenvalue weighted by atomic mass is 10.1. The van der Waals surface area contributed by atoms with Crippen LogP contribution in [0.25, 0.3) is 55.0 Å². The summed E-state index contributed by atoms with van der Waals surface area (Å²) in [6, 6.07) is 12.7. The molecule has 6 aromatic heterocycles. The lowest BCUT2D eigenvalue weighted by Gasteiger charge is -2.05. The van der Waals surface area contributed by atoms with E-state index < -0.39 is 0 Å². The number of nitrogens with one attached hydrogen (secondary N) is 3. The van der Waals surface area contributed by atoms with Crippen LogP contribution in [0.3, 0.4) is 0 Å². The number of hydrogen-bond donors (Lipinski definition) is 3. The second-order valence-corrected chi connectivity index (χ2v) is 9.55. The highest BCUT2D eigenvalue weighted by atomic mass is 32.1. The number of aromatic nitrogens is 6. The summed E-state index contributed by atoms with van der Waals surface area (Å²) in [5, 5.41) is 13.2. The molecule has 0 aliphatic carbocycles. The number of rotatable bonds is 6. The molecule has 0 aliphatic heterocycles. The van der Waals surface area contributed by atoms with Gasteiger partial charge in [0, 0.05) is 56.8 Å². The Hall–Kier alpha value is -3.88. The molecular weight excluding hydrogens is 442 g/mol. The van der Waals surface area contributed by atoms with Gasteiger partial charge in [0.2, 0.25) is 0 Å². The molecule has 0 amide bonds. The van der Waals surface area contributed by atoms with Crippen LogP contribution >= 0.6 is 11.3 Å². The average Bonchev–Trinajstić information content (AvgIpc) is 3.59. The Morgan fingerprint density at radius 1 is 1.00 bits per heavy atom. The number of aromatic amines is 2. The van der Waals surface area contributed by atoms with Crippen LogP contribution in [0.1, 0.15) is 17.4 Å². The van der Waals surface area contributed by atoms with Gasteiger partial charge < -0.3 is 10.3 Å². The number of fused-ring (bicyclic) bond motifs is 2. The molecule has 0 aliphatic rings. The minimum atomic E-state index is 0.782. The molecule has 0 unspecified atom stereocenters. The molecule has 0 radical (unpaired) electrons. The maximum atomic E-state index is 4.65. The number of hydrogen-bond acceptors (Lipinski definition) is 6. The van der Waals surface area contributed by atoms with Crippen molar-refractivity contribution in [2.45, 2.75) is 20.4 Å². The van der Waals surface area contributed by atoms with Crippen LogP contribution in [0.15, 0.2) is 61.2 Å². The van der Waals surface area contributed by atoms with E-state index in [4.69, 9.17) is 0 Å². The maximum absolute atomic E-state index is 4.65. The van der Waals surface area contributed by atoms with Gasteiger partial charge in [0.05, 0.1) is 23.1 Å². The lowest BCUT2D eigenvalue weighted by molar-refractivity contribution is 0.724. The highest BCUT2D eigenvalue weighted by Crippen LogP contribution is 2.36. The van der Waals surface area contributed by atoms with Crippen LogP contribution in [-0.4, -0.2) is 36.7 Å². The van der Waals surface area contributed by atoms with Gasteiger partial charge >= 0.3 is 0 Å². The molecule has 0 bridgehead atoms. The van der Waals surface area contributed by atoms with Crippen molar-refractivity contribution in [3.8, 4) is 33.1 Å². The first-order chi connectivity index (χ1) is 16.7. The fourth-order valence-corrected chi connectivity index (χ4v) is 5.13. The predicted molar refractivity (Wildman–Crippen MR) is 138 cm³/mol. The predicted octanol–water partition coefficient (Wildman–Crippen LogP) is 5.71. The molecule has 6 aromatic rings. The molecule has 0 saturated carbocycles. The van der Waals surface area contributed by atoms with Crippen molar-refractivity contribution in [3.05, 3.63) is 71.6 Å². The first-order valence-corrected chi connectivity index (χ1v) is 12.1. The second-order valence-electron chi connectivity index (χ2n) is 8.26. The monoisotopic (exact) mass is 465 g/mol. The van der Waals surface area contributed by atoms with Crippen LogP contribution in [0, 0.1) is 6.92 Å². The van der Waals surface area contributed by atoms with Crippen LogP contribution < -0.4 is 5.32 Å². The van der Waals surface area contributed by atoms with Crippen LogP contribution in [0.4, 0.5) is 0 Å². The molecule has 7 nitrogen and oxygen atoms in total. The van der Waals surface area contributed by atoms with Crippen molar-refractivity contribution in [1.82, 2.24) is 35.5 Å². The Balaban J connectivity index is 1.44. The second kappa shape index (κ2) is 8.48. The van der Waals surface area contributed by atoms with Gasteiger partial charge in [0.25, 0.3) is 0 Å². The summed E-state index contributed by atoms with van der Waals surface area (Å²) >= 11 is 1.79. The van der Waals surface area contributed by atoms with Gasteiger partial charge in [0.1, 0.15) is 11.3 Å². The largest absolute Gasteiger partial charge is 0.338 e. The minimum absolute atomic E-state index is 0.782. The summed E-state index contributed by atoms with van der Waals surface area (Å²) < 4.78 is 0. The van der Waals surface area contributed by atoms with E-state index in [1.165, 1.54) is 15.3 Å². The van der Waals surface area contributed by atoms with Crippen LogP contribution in [0.5, 0.6) is 0 Å². The molecule has 3 N–H and O–H groups in total. The highest BCUT2D eigenvalue weighted by molar-refractivity contribution is 7.15. The summed E-state index contributed by atoms with van der Waals surface area (Å²) in [6.45, 7) is 5.92. The summed E-state index contributed by atoms with van der Waals surface area (Å²) in [5.74, 6) is 0. The van der Waals surface area contributed by atoms with E-state index in [1.54, 1.807) is 11.3 Å². The molecule has 0 saturated heterocycles. The molecular formula is C26H23N7S. The van der Waals surface area contributed by atoms with E-state index >= 15 is 0 Å². The maximum Gasteiger partial charge on any atom is 0.138 e. The van der Waals surface area contributed by atoms with Crippen molar-refractivity contribution < 1.29 is 0 Å². The zero-order valence-electron chi connectivity index (χ0n) is 18.9. The number of pyridine rings is 3. The normalized spacial score (nSPS) is 11.6. The minimum Gasteiger partial charge on any atom is -0.338 e. The standard InChI is InChI=1S/C26H23N7S/c1-3-27-11-16-8-17(13-28-12-16)21-10-20-23(14-30-21)32-33-25(20)22-9-19-18(6-7-29-26(19)31-22)24-5-4-15(2)34-24/h4-10,12-14,27H,3,11H2,1-2H3,(H,29,31)(H,32,33). The van der Waals surface area contributed by atoms with E-state index in [0.29, 0.717) is 0 Å². The van der Waals surface area contributed by atoms with Crippen molar-refractivity contribution in [1.29, 1.82) is 0 Å². The Morgan fingerprint density at radius 2 is 1.94 bits per heavy atom. The molecule has 0 aromatic carbocycles. The van der Waals surface area contributed by atoms with Gasteiger partial charge in [-0.05, 0) is 55.4 Å². The number of aryl methyl sites for hydroxylation is 1. The molecule has 6 heterocycles. The Morgan fingerprint density at radius 3 is 2.79 bits per heavy atom. The van der Waals surface area contributed by atoms with Crippen molar-refractivity contribution in [3.63, 3.8) is 0 Å². The van der Waals surface area contributed by atoms with Gasteiger partial charge in [-0.25, -0.2) is 4.98 Å². The fraction of sp³-hybridized carbons (Fsp3) is 0.154. The summed E-state index contributed by atoms with van der Waals surface area (Å²) in [5.41, 5.74) is 7.67. The van der Waals surface area contributed by atoms with Gasteiger partial charge in [-0.3, -0.25) is 15.1 Å². The van der Waals surface area contributed by atoms with Gasteiger partial charge in [-0.2, -0.15) is 5.10 Å². The van der Waals surface area contributed by atoms with Crippen LogP contribution in [-0.2, 0) is 6.54 Å². The van der Waals surface area contributed by atoms with E-state index in [9.17, 15) is 0 Å². The smallest absolute Gasteiger partial charge is 0.138 e. The molecule has 8 heteroatoms. The summed E-state index contributed by atoms with van der Waals surface area (Å²) in [6.07, 6.45) is 7.42. The highest BCUT2D eigenvalue weighted by Gasteiger charge is 2.16. The molecule has 34 heavy (non-hydrogen) atoms. The third kappa shape index (κ3) is 3.67. The fourth-order valence-electron chi connectivity index (χ4n) is 4.22. The zero-order chi connectivity index (χ0) is 23.1. The molecule has 0 atom stereocenters. The molecule has 0 spiro atoms. The van der Waals surface area contributed by atoms with Gasteiger partial charge in [0.15, 0.2) is 0 Å². The quantitative estimate of drug-likeness (QED) is 0.293. The van der Waals surface area contributed by atoms with Crippen molar-refractivity contribution in [2.75, 3.05) is 6.54 Å². The lowest BCUT2D eigenvalue weighted by Crippen LogP contribution is -2.11. The van der Waals surface area contributed by atoms with Crippen LogP contribution in [0.2, 0.25) is 0 Å². The SMILES string of the molecule is CCNCc1cncc(-c2cc3c(-c4cc5c(-c6ccc(C)s6)ccnc5[nH]4)n[nH]c3cn2)c1.